The lowest BCUT2D eigenvalue weighted by Gasteiger charge is -2.08. The summed E-state index contributed by atoms with van der Waals surface area (Å²) in [5.41, 5.74) is 8.94. The van der Waals surface area contributed by atoms with Crippen molar-refractivity contribution >= 4 is 22.6 Å². The van der Waals surface area contributed by atoms with Crippen LogP contribution in [-0.4, -0.2) is 15.6 Å². The average Bonchev–Trinajstić information content (AvgIpc) is 2.44. The van der Waals surface area contributed by atoms with Crippen LogP contribution in [0.2, 0.25) is 5.02 Å². The summed E-state index contributed by atoms with van der Waals surface area (Å²) in [5, 5.41) is 0.753. The van der Waals surface area contributed by atoms with Gasteiger partial charge in [-0.05, 0) is 38.0 Å². The summed E-state index contributed by atoms with van der Waals surface area (Å²) >= 11 is 6.20. The van der Waals surface area contributed by atoms with Gasteiger partial charge >= 0.3 is 0 Å². The molecular weight excluding hydrogens is 222 g/mol. The first kappa shape index (κ1) is 11.4. The fourth-order valence-electron chi connectivity index (χ4n) is 1.88. The molecule has 0 saturated carbocycles. The zero-order valence-corrected chi connectivity index (χ0v) is 10.5. The SMILES string of the molecule is Cc1nc2cc(Cl)c(CC(C)N)cc2n1C. The smallest absolute Gasteiger partial charge is 0.106 e. The number of hydrogen-bond donors (Lipinski definition) is 1. The third-order valence-electron chi connectivity index (χ3n) is 2.81. The van der Waals surface area contributed by atoms with E-state index in [1.807, 2.05) is 27.0 Å². The Morgan fingerprint density at radius 2 is 2.19 bits per heavy atom. The van der Waals surface area contributed by atoms with Crippen molar-refractivity contribution in [2.75, 3.05) is 0 Å². The van der Waals surface area contributed by atoms with Gasteiger partial charge < -0.3 is 10.3 Å². The predicted molar refractivity (Wildman–Crippen MR) is 67.8 cm³/mol. The molecule has 0 aliphatic rings. The van der Waals surface area contributed by atoms with Crippen molar-refractivity contribution in [1.82, 2.24) is 9.55 Å². The second-order valence-electron chi connectivity index (χ2n) is 4.33. The van der Waals surface area contributed by atoms with E-state index >= 15 is 0 Å². The van der Waals surface area contributed by atoms with E-state index in [9.17, 15) is 0 Å². The van der Waals surface area contributed by atoms with Crippen LogP contribution in [0.1, 0.15) is 18.3 Å². The summed E-state index contributed by atoms with van der Waals surface area (Å²) in [7, 11) is 2.01. The molecular formula is C12H16ClN3. The maximum atomic E-state index is 6.20. The molecule has 0 aliphatic heterocycles. The molecule has 0 amide bonds. The van der Waals surface area contributed by atoms with Crippen LogP contribution in [0.3, 0.4) is 0 Å². The van der Waals surface area contributed by atoms with E-state index in [4.69, 9.17) is 17.3 Å². The predicted octanol–water partition coefficient (Wildman–Crippen LogP) is 2.42. The highest BCUT2D eigenvalue weighted by Crippen LogP contribution is 2.24. The topological polar surface area (TPSA) is 43.8 Å². The summed E-state index contributed by atoms with van der Waals surface area (Å²) in [6.07, 6.45) is 0.791. The lowest BCUT2D eigenvalue weighted by molar-refractivity contribution is 0.738. The van der Waals surface area contributed by atoms with Crippen molar-refractivity contribution in [3.8, 4) is 0 Å². The van der Waals surface area contributed by atoms with Crippen LogP contribution in [0.15, 0.2) is 12.1 Å². The van der Waals surface area contributed by atoms with E-state index in [-0.39, 0.29) is 6.04 Å². The van der Waals surface area contributed by atoms with E-state index in [0.717, 1.165) is 33.9 Å². The Hall–Kier alpha value is -1.06. The third-order valence-corrected chi connectivity index (χ3v) is 3.17. The van der Waals surface area contributed by atoms with Gasteiger partial charge in [-0.1, -0.05) is 11.6 Å². The minimum absolute atomic E-state index is 0.115. The molecule has 2 rings (SSSR count). The summed E-state index contributed by atoms with van der Waals surface area (Å²) in [6, 6.07) is 4.12. The maximum absolute atomic E-state index is 6.20. The van der Waals surface area contributed by atoms with Crippen LogP contribution in [0, 0.1) is 6.92 Å². The van der Waals surface area contributed by atoms with E-state index in [1.165, 1.54) is 0 Å². The number of rotatable bonds is 2. The normalized spacial score (nSPS) is 13.3. The van der Waals surface area contributed by atoms with E-state index in [0.29, 0.717) is 0 Å². The molecule has 4 heteroatoms. The third kappa shape index (κ3) is 1.93. The van der Waals surface area contributed by atoms with Gasteiger partial charge in [0, 0.05) is 18.1 Å². The molecule has 2 N–H and O–H groups in total. The van der Waals surface area contributed by atoms with E-state index in [1.54, 1.807) is 0 Å². The fraction of sp³-hybridized carbons (Fsp3) is 0.417. The van der Waals surface area contributed by atoms with E-state index in [2.05, 4.69) is 15.6 Å². The Balaban J connectivity index is 2.59. The molecule has 0 radical (unpaired) electrons. The minimum atomic E-state index is 0.115. The number of aromatic nitrogens is 2. The summed E-state index contributed by atoms with van der Waals surface area (Å²) < 4.78 is 2.07. The minimum Gasteiger partial charge on any atom is -0.331 e. The van der Waals surface area contributed by atoms with Gasteiger partial charge in [0.15, 0.2) is 0 Å². The van der Waals surface area contributed by atoms with Crippen LogP contribution in [0.25, 0.3) is 11.0 Å². The maximum Gasteiger partial charge on any atom is 0.106 e. The fourth-order valence-corrected chi connectivity index (χ4v) is 2.11. The summed E-state index contributed by atoms with van der Waals surface area (Å²) in [6.45, 7) is 3.97. The molecule has 0 fully saturated rings. The quantitative estimate of drug-likeness (QED) is 0.872. The Morgan fingerprint density at radius 1 is 1.50 bits per heavy atom. The number of aryl methyl sites for hydroxylation is 2. The van der Waals surface area contributed by atoms with Gasteiger partial charge in [-0.25, -0.2) is 4.98 Å². The molecule has 3 nitrogen and oxygen atoms in total. The van der Waals surface area contributed by atoms with E-state index < -0.39 is 0 Å². The lowest BCUT2D eigenvalue weighted by Crippen LogP contribution is -2.18. The van der Waals surface area contributed by atoms with Gasteiger partial charge in [-0.3, -0.25) is 0 Å². The number of nitrogens with two attached hydrogens (primary N) is 1. The standard InChI is InChI=1S/C12H16ClN3/c1-7(14)4-9-5-12-11(6-10(9)13)15-8(2)16(12)3/h5-7H,4,14H2,1-3H3. The van der Waals surface area contributed by atoms with Crippen LogP contribution >= 0.6 is 11.6 Å². The molecule has 1 heterocycles. The molecule has 1 aromatic heterocycles. The number of nitrogens with zero attached hydrogens (tertiary/aromatic N) is 2. The molecule has 0 bridgehead atoms. The molecule has 16 heavy (non-hydrogen) atoms. The highest BCUT2D eigenvalue weighted by Gasteiger charge is 2.10. The molecule has 0 saturated heterocycles. The van der Waals surface area contributed by atoms with Crippen LogP contribution in [0.4, 0.5) is 0 Å². The zero-order valence-electron chi connectivity index (χ0n) is 9.79. The van der Waals surface area contributed by atoms with Crippen molar-refractivity contribution in [3.63, 3.8) is 0 Å². The molecule has 2 aromatic rings. The highest BCUT2D eigenvalue weighted by atomic mass is 35.5. The van der Waals surface area contributed by atoms with Gasteiger partial charge in [0.2, 0.25) is 0 Å². The monoisotopic (exact) mass is 237 g/mol. The molecule has 0 aliphatic carbocycles. The van der Waals surface area contributed by atoms with Gasteiger partial charge in [0.1, 0.15) is 5.82 Å². The summed E-state index contributed by atoms with van der Waals surface area (Å²) in [4.78, 5) is 4.44. The largest absolute Gasteiger partial charge is 0.331 e. The first-order valence-corrected chi connectivity index (χ1v) is 5.74. The van der Waals surface area contributed by atoms with Gasteiger partial charge in [-0.15, -0.1) is 0 Å². The van der Waals surface area contributed by atoms with Gasteiger partial charge in [0.25, 0.3) is 0 Å². The Morgan fingerprint density at radius 3 is 2.81 bits per heavy atom. The second-order valence-corrected chi connectivity index (χ2v) is 4.74. The van der Waals surface area contributed by atoms with Crippen molar-refractivity contribution < 1.29 is 0 Å². The number of imidazole rings is 1. The van der Waals surface area contributed by atoms with Crippen molar-refractivity contribution in [2.24, 2.45) is 12.8 Å². The number of hydrogen-bond acceptors (Lipinski definition) is 2. The highest BCUT2D eigenvalue weighted by molar-refractivity contribution is 6.32. The van der Waals surface area contributed by atoms with Crippen LogP contribution in [0.5, 0.6) is 0 Å². The Kier molecular flexibility index (Phi) is 2.91. The van der Waals surface area contributed by atoms with Crippen molar-refractivity contribution in [2.45, 2.75) is 26.3 Å². The average molecular weight is 238 g/mol. The molecule has 1 unspecified atom stereocenters. The van der Waals surface area contributed by atoms with Crippen molar-refractivity contribution in [3.05, 3.63) is 28.5 Å². The first-order chi connectivity index (χ1) is 7.49. The number of fused-ring (bicyclic) bond motifs is 1. The molecule has 0 spiro atoms. The van der Waals surface area contributed by atoms with Crippen molar-refractivity contribution in [1.29, 1.82) is 0 Å². The van der Waals surface area contributed by atoms with Crippen LogP contribution < -0.4 is 5.73 Å². The zero-order chi connectivity index (χ0) is 11.9. The number of benzene rings is 1. The molecule has 86 valence electrons. The first-order valence-electron chi connectivity index (χ1n) is 5.36. The van der Waals surface area contributed by atoms with Gasteiger partial charge in [0.05, 0.1) is 11.0 Å². The second kappa shape index (κ2) is 4.07. The Bertz CT molecular complexity index is 529. The summed E-state index contributed by atoms with van der Waals surface area (Å²) in [5.74, 6) is 0.990. The number of halogens is 1. The Labute approximate surface area is 100 Å². The van der Waals surface area contributed by atoms with Crippen LogP contribution in [-0.2, 0) is 13.5 Å². The van der Waals surface area contributed by atoms with Gasteiger partial charge in [-0.2, -0.15) is 0 Å². The lowest BCUT2D eigenvalue weighted by atomic mass is 10.1. The molecule has 1 atom stereocenters. The molecule has 1 aromatic carbocycles.